The van der Waals surface area contributed by atoms with Crippen LogP contribution in [0.1, 0.15) is 20.3 Å². The van der Waals surface area contributed by atoms with Gasteiger partial charge in [-0.2, -0.15) is 0 Å². The van der Waals surface area contributed by atoms with Crippen molar-refractivity contribution in [1.82, 2.24) is 0 Å². The minimum atomic E-state index is -3.72. The van der Waals surface area contributed by atoms with Crippen molar-refractivity contribution in [3.63, 3.8) is 0 Å². The first kappa shape index (κ1) is 14.6. The summed E-state index contributed by atoms with van der Waals surface area (Å²) in [7, 11) is -3.72. The van der Waals surface area contributed by atoms with E-state index in [4.69, 9.17) is 10.9 Å². The number of primary sulfonamides is 1. The number of sulfonamides is 1. The molecule has 0 aromatic heterocycles. The fraction of sp³-hybridized carbons (Fsp3) is 0.364. The summed E-state index contributed by atoms with van der Waals surface area (Å²) < 4.78 is 22.1. The molecular formula is C11H17N3O3S. The zero-order valence-corrected chi connectivity index (χ0v) is 11.1. The van der Waals surface area contributed by atoms with Crippen LogP contribution in [-0.2, 0) is 14.8 Å². The lowest BCUT2D eigenvalue weighted by Gasteiger charge is -2.21. The Hall–Kier alpha value is -1.44. The van der Waals surface area contributed by atoms with Crippen LogP contribution in [0, 0.1) is 0 Å². The van der Waals surface area contributed by atoms with Crippen LogP contribution >= 0.6 is 0 Å². The maximum atomic E-state index is 11.8. The van der Waals surface area contributed by atoms with Crippen LogP contribution in [0.2, 0.25) is 0 Å². The molecule has 18 heavy (non-hydrogen) atoms. The third kappa shape index (κ3) is 3.52. The maximum Gasteiger partial charge on any atom is 0.244 e. The third-order valence-electron chi connectivity index (χ3n) is 2.69. The van der Waals surface area contributed by atoms with Gasteiger partial charge in [-0.05, 0) is 37.6 Å². The van der Waals surface area contributed by atoms with E-state index in [1.54, 1.807) is 6.92 Å². The number of benzene rings is 1. The summed E-state index contributed by atoms with van der Waals surface area (Å²) in [5.41, 5.74) is 5.29. The predicted molar refractivity (Wildman–Crippen MR) is 69.3 cm³/mol. The van der Waals surface area contributed by atoms with E-state index in [0.29, 0.717) is 12.1 Å². The van der Waals surface area contributed by atoms with Crippen LogP contribution in [-0.4, -0.2) is 19.9 Å². The van der Waals surface area contributed by atoms with Crippen molar-refractivity contribution in [3.8, 4) is 0 Å². The molecule has 1 rings (SSSR count). The summed E-state index contributed by atoms with van der Waals surface area (Å²) in [6.45, 7) is 3.44. The van der Waals surface area contributed by atoms with Crippen LogP contribution in [0.25, 0.3) is 0 Å². The average Bonchev–Trinajstić information content (AvgIpc) is 2.28. The number of rotatable bonds is 4. The Kier molecular flexibility index (Phi) is 4.10. The monoisotopic (exact) mass is 271 g/mol. The number of anilines is 1. The highest BCUT2D eigenvalue weighted by molar-refractivity contribution is 7.89. The highest BCUT2D eigenvalue weighted by Crippen LogP contribution is 2.15. The summed E-state index contributed by atoms with van der Waals surface area (Å²) in [6, 6.07) is 5.57. The first-order valence-electron chi connectivity index (χ1n) is 5.40. The Morgan fingerprint density at radius 3 is 2.22 bits per heavy atom. The van der Waals surface area contributed by atoms with Crippen molar-refractivity contribution in [3.05, 3.63) is 24.3 Å². The lowest BCUT2D eigenvalue weighted by Crippen LogP contribution is -2.47. The van der Waals surface area contributed by atoms with Gasteiger partial charge >= 0.3 is 0 Å². The molecular weight excluding hydrogens is 254 g/mol. The van der Waals surface area contributed by atoms with E-state index in [9.17, 15) is 13.2 Å². The first-order chi connectivity index (χ1) is 8.16. The van der Waals surface area contributed by atoms with Gasteiger partial charge in [0.2, 0.25) is 15.9 Å². The van der Waals surface area contributed by atoms with E-state index in [-0.39, 0.29) is 10.8 Å². The molecule has 0 bridgehead atoms. The van der Waals surface area contributed by atoms with Crippen molar-refractivity contribution in [1.29, 1.82) is 0 Å². The van der Waals surface area contributed by atoms with Crippen molar-refractivity contribution in [2.75, 3.05) is 5.32 Å². The molecule has 0 saturated carbocycles. The standard InChI is InChI=1S/C11H17N3O3S/c1-3-11(2,12)10(15)14-8-4-6-9(7-5-8)18(13,16)17/h4-7H,3,12H2,1-2H3,(H,14,15)(H2,13,16,17). The van der Waals surface area contributed by atoms with Gasteiger partial charge in [-0.15, -0.1) is 0 Å². The minimum absolute atomic E-state index is 0.00787. The first-order valence-corrected chi connectivity index (χ1v) is 6.94. The second-order valence-corrected chi connectivity index (χ2v) is 5.86. The highest BCUT2D eigenvalue weighted by Gasteiger charge is 2.25. The lowest BCUT2D eigenvalue weighted by atomic mass is 9.99. The molecule has 0 aliphatic carbocycles. The fourth-order valence-corrected chi connectivity index (χ4v) is 1.68. The van der Waals surface area contributed by atoms with Gasteiger partial charge in [0.1, 0.15) is 0 Å². The van der Waals surface area contributed by atoms with Gasteiger partial charge in [0, 0.05) is 5.69 Å². The minimum Gasteiger partial charge on any atom is -0.325 e. The van der Waals surface area contributed by atoms with E-state index >= 15 is 0 Å². The quantitative estimate of drug-likeness (QED) is 0.735. The van der Waals surface area contributed by atoms with E-state index < -0.39 is 15.6 Å². The number of hydrogen-bond acceptors (Lipinski definition) is 4. The number of nitrogens with one attached hydrogen (secondary N) is 1. The van der Waals surface area contributed by atoms with Crippen LogP contribution in [0.4, 0.5) is 5.69 Å². The predicted octanol–water partition coefficient (Wildman–Crippen LogP) is 0.400. The van der Waals surface area contributed by atoms with Crippen molar-refractivity contribution < 1.29 is 13.2 Å². The number of carbonyl (C=O) groups is 1. The molecule has 0 spiro atoms. The molecule has 0 heterocycles. The largest absolute Gasteiger partial charge is 0.325 e. The number of hydrogen-bond donors (Lipinski definition) is 3. The lowest BCUT2D eigenvalue weighted by molar-refractivity contribution is -0.120. The van der Waals surface area contributed by atoms with Gasteiger partial charge in [-0.1, -0.05) is 6.92 Å². The van der Waals surface area contributed by atoms with Crippen LogP contribution in [0.5, 0.6) is 0 Å². The van der Waals surface area contributed by atoms with Gasteiger partial charge in [0.25, 0.3) is 0 Å². The molecule has 6 nitrogen and oxygen atoms in total. The Bertz CT molecular complexity index is 535. The molecule has 0 fully saturated rings. The van der Waals surface area contributed by atoms with Gasteiger partial charge in [-0.3, -0.25) is 4.79 Å². The molecule has 0 radical (unpaired) electrons. The highest BCUT2D eigenvalue weighted by atomic mass is 32.2. The zero-order valence-electron chi connectivity index (χ0n) is 10.3. The summed E-state index contributed by atoms with van der Waals surface area (Å²) in [5.74, 6) is -0.326. The second kappa shape index (κ2) is 5.05. The normalized spacial score (nSPS) is 14.9. The van der Waals surface area contributed by atoms with Gasteiger partial charge in [0.15, 0.2) is 0 Å². The van der Waals surface area contributed by atoms with E-state index in [0.717, 1.165) is 0 Å². The number of nitrogens with two attached hydrogens (primary N) is 2. The third-order valence-corrected chi connectivity index (χ3v) is 3.62. The molecule has 7 heteroatoms. The molecule has 0 aliphatic heterocycles. The molecule has 1 atom stereocenters. The average molecular weight is 271 g/mol. The Morgan fingerprint density at radius 2 is 1.83 bits per heavy atom. The molecule has 100 valence electrons. The van der Waals surface area contributed by atoms with Gasteiger partial charge in [0.05, 0.1) is 10.4 Å². The van der Waals surface area contributed by atoms with Gasteiger partial charge < -0.3 is 11.1 Å². The zero-order chi connectivity index (χ0) is 14.0. The van der Waals surface area contributed by atoms with E-state index in [1.807, 2.05) is 6.92 Å². The smallest absolute Gasteiger partial charge is 0.244 e. The molecule has 1 amide bonds. The molecule has 1 aromatic carbocycles. The topological polar surface area (TPSA) is 115 Å². The van der Waals surface area contributed by atoms with Crippen molar-refractivity contribution in [2.45, 2.75) is 30.7 Å². The Balaban J connectivity index is 2.86. The van der Waals surface area contributed by atoms with Crippen LogP contribution < -0.4 is 16.2 Å². The molecule has 1 unspecified atom stereocenters. The molecule has 0 aliphatic rings. The molecule has 1 aromatic rings. The van der Waals surface area contributed by atoms with Crippen LogP contribution in [0.15, 0.2) is 29.2 Å². The summed E-state index contributed by atoms with van der Waals surface area (Å²) in [5, 5.41) is 7.58. The van der Waals surface area contributed by atoms with Crippen molar-refractivity contribution in [2.24, 2.45) is 10.9 Å². The SMILES string of the molecule is CCC(C)(N)C(=O)Nc1ccc(S(N)(=O)=O)cc1. The van der Waals surface area contributed by atoms with E-state index in [1.165, 1.54) is 24.3 Å². The maximum absolute atomic E-state index is 11.8. The summed E-state index contributed by atoms with van der Waals surface area (Å²) in [6.07, 6.45) is 0.494. The fourth-order valence-electron chi connectivity index (χ4n) is 1.16. The Morgan fingerprint density at radius 1 is 1.33 bits per heavy atom. The summed E-state index contributed by atoms with van der Waals surface area (Å²) in [4.78, 5) is 11.8. The van der Waals surface area contributed by atoms with E-state index in [2.05, 4.69) is 5.32 Å². The van der Waals surface area contributed by atoms with Gasteiger partial charge in [-0.25, -0.2) is 13.6 Å². The summed E-state index contributed by atoms with van der Waals surface area (Å²) >= 11 is 0. The Labute approximate surface area is 106 Å². The van der Waals surface area contributed by atoms with Crippen molar-refractivity contribution >= 4 is 21.6 Å². The second-order valence-electron chi connectivity index (χ2n) is 4.29. The number of amides is 1. The van der Waals surface area contributed by atoms with Crippen LogP contribution in [0.3, 0.4) is 0 Å². The molecule has 0 saturated heterocycles. The number of carbonyl (C=O) groups excluding carboxylic acids is 1. The molecule has 5 N–H and O–H groups in total.